The van der Waals surface area contributed by atoms with Gasteiger partial charge >= 0.3 is 0 Å². The van der Waals surface area contributed by atoms with Gasteiger partial charge in [0.1, 0.15) is 11.5 Å². The molecule has 2 aromatic carbocycles. The Bertz CT molecular complexity index is 845. The van der Waals surface area contributed by atoms with Gasteiger partial charge in [-0.3, -0.25) is 0 Å². The Balaban J connectivity index is 1.93. The zero-order valence-corrected chi connectivity index (χ0v) is 13.6. The second kappa shape index (κ2) is 4.47. The van der Waals surface area contributed by atoms with Gasteiger partial charge in [-0.1, -0.05) is 0 Å². The first kappa shape index (κ1) is 14.1. The summed E-state index contributed by atoms with van der Waals surface area (Å²) >= 11 is 0. The zero-order chi connectivity index (χ0) is 16.5. The number of aromatic hydroxyl groups is 2. The molecule has 5 nitrogen and oxygen atoms in total. The molecule has 2 aliphatic rings. The fourth-order valence-corrected chi connectivity index (χ4v) is 4.09. The van der Waals surface area contributed by atoms with Crippen molar-refractivity contribution in [1.82, 2.24) is 0 Å². The summed E-state index contributed by atoms with van der Waals surface area (Å²) in [6.45, 7) is 8.05. The van der Waals surface area contributed by atoms with Crippen molar-refractivity contribution in [3.63, 3.8) is 0 Å². The molecule has 0 fully saturated rings. The molecule has 120 valence electrons. The smallest absolute Gasteiger partial charge is 0.145 e. The molecule has 5 heteroatoms. The molecule has 0 spiro atoms. The lowest BCUT2D eigenvalue weighted by molar-refractivity contribution is 0.461. The third kappa shape index (κ3) is 1.79. The first-order chi connectivity index (χ1) is 10.9. The van der Waals surface area contributed by atoms with Crippen molar-refractivity contribution in [2.45, 2.75) is 33.9 Å². The second-order valence-electron chi connectivity index (χ2n) is 6.67. The van der Waals surface area contributed by atoms with Crippen molar-refractivity contribution in [2.75, 3.05) is 22.2 Å². The van der Waals surface area contributed by atoms with E-state index in [4.69, 9.17) is 5.73 Å². The summed E-state index contributed by atoms with van der Waals surface area (Å²) in [7, 11) is 0. The maximum absolute atomic E-state index is 10.4. The highest BCUT2D eigenvalue weighted by Crippen LogP contribution is 2.47. The topological polar surface area (TPSA) is 73.0 Å². The first-order valence-electron chi connectivity index (χ1n) is 7.81. The van der Waals surface area contributed by atoms with E-state index in [2.05, 4.69) is 15.9 Å². The maximum Gasteiger partial charge on any atom is 0.145 e. The molecule has 23 heavy (non-hydrogen) atoms. The van der Waals surface area contributed by atoms with Gasteiger partial charge in [0, 0.05) is 17.7 Å². The Kier molecular flexibility index (Phi) is 2.73. The van der Waals surface area contributed by atoms with Gasteiger partial charge in [0.2, 0.25) is 0 Å². The molecule has 4 N–H and O–H groups in total. The van der Waals surface area contributed by atoms with Crippen molar-refractivity contribution < 1.29 is 10.2 Å². The zero-order valence-electron chi connectivity index (χ0n) is 13.6. The molecule has 0 radical (unpaired) electrons. The Labute approximate surface area is 135 Å². The van der Waals surface area contributed by atoms with Crippen LogP contribution in [0, 0.1) is 20.8 Å². The number of phenolic OH excluding ortho intramolecular Hbond substituents is 2. The van der Waals surface area contributed by atoms with Gasteiger partial charge in [0.25, 0.3) is 0 Å². The lowest BCUT2D eigenvalue weighted by Gasteiger charge is -2.46. The van der Waals surface area contributed by atoms with Crippen LogP contribution in [0.4, 0.5) is 17.1 Å². The number of benzene rings is 2. The van der Waals surface area contributed by atoms with Gasteiger partial charge in [-0.2, -0.15) is 0 Å². The number of fused-ring (bicyclic) bond motifs is 6. The largest absolute Gasteiger partial charge is 0.507 e. The van der Waals surface area contributed by atoms with Crippen molar-refractivity contribution in [3.05, 3.63) is 39.9 Å². The van der Waals surface area contributed by atoms with E-state index in [1.807, 2.05) is 26.8 Å². The minimum Gasteiger partial charge on any atom is -0.507 e. The molecule has 2 heterocycles. The lowest BCUT2D eigenvalue weighted by Crippen LogP contribution is -2.46. The summed E-state index contributed by atoms with van der Waals surface area (Å²) in [5, 5.41) is 20.7. The van der Waals surface area contributed by atoms with Gasteiger partial charge in [-0.15, -0.1) is 0 Å². The van der Waals surface area contributed by atoms with Crippen LogP contribution in [-0.4, -0.2) is 16.9 Å². The minimum atomic E-state index is 0.178. The van der Waals surface area contributed by atoms with Gasteiger partial charge in [0.05, 0.1) is 30.3 Å². The Hall–Kier alpha value is -2.56. The molecule has 0 unspecified atom stereocenters. The molecule has 0 saturated carbocycles. The summed E-state index contributed by atoms with van der Waals surface area (Å²) in [6, 6.07) is 3.90. The SMILES string of the molecule is Cc1cc2c(c(C)c1O)N1Cc3c(O)c(N)cc(C)c3N(C2)C1. The van der Waals surface area contributed by atoms with Crippen LogP contribution in [0.15, 0.2) is 12.1 Å². The fourth-order valence-electron chi connectivity index (χ4n) is 4.09. The molecule has 0 saturated heterocycles. The number of hydrogen-bond donors (Lipinski definition) is 3. The van der Waals surface area contributed by atoms with E-state index >= 15 is 0 Å². The normalized spacial score (nSPS) is 15.4. The number of rotatable bonds is 0. The van der Waals surface area contributed by atoms with Crippen LogP contribution in [0.5, 0.6) is 11.5 Å². The van der Waals surface area contributed by atoms with Crippen molar-refractivity contribution in [3.8, 4) is 11.5 Å². The van der Waals surface area contributed by atoms with Crippen LogP contribution in [0.3, 0.4) is 0 Å². The van der Waals surface area contributed by atoms with Crippen molar-refractivity contribution in [2.24, 2.45) is 0 Å². The van der Waals surface area contributed by atoms with Gasteiger partial charge < -0.3 is 25.7 Å². The number of phenols is 2. The summed E-state index contributed by atoms with van der Waals surface area (Å²) < 4.78 is 0. The highest BCUT2D eigenvalue weighted by atomic mass is 16.3. The predicted octanol–water partition coefficient (Wildman–Crippen LogP) is 2.90. The Morgan fingerprint density at radius 2 is 1.61 bits per heavy atom. The molecule has 2 bridgehead atoms. The Morgan fingerprint density at radius 3 is 2.35 bits per heavy atom. The molecular weight excluding hydrogens is 290 g/mol. The van der Waals surface area contributed by atoms with E-state index in [-0.39, 0.29) is 5.75 Å². The standard InChI is InChI=1S/C18H21N3O2/c1-9-5-14(19)18(23)13-7-21-8-20(15(9)13)6-12-4-10(2)17(22)11(3)16(12)21/h4-5,22-23H,6-8,19H2,1-3H3. The second-order valence-corrected chi connectivity index (χ2v) is 6.67. The van der Waals surface area contributed by atoms with Gasteiger partial charge in [-0.25, -0.2) is 0 Å². The van der Waals surface area contributed by atoms with Crippen LogP contribution in [-0.2, 0) is 13.1 Å². The molecule has 4 rings (SSSR count). The molecule has 2 aromatic rings. The van der Waals surface area contributed by atoms with Crippen LogP contribution >= 0.6 is 0 Å². The quantitative estimate of drug-likeness (QED) is 0.515. The van der Waals surface area contributed by atoms with E-state index in [1.54, 1.807) is 0 Å². The highest BCUT2D eigenvalue weighted by Gasteiger charge is 2.34. The number of anilines is 3. The Morgan fingerprint density at radius 1 is 0.913 bits per heavy atom. The van der Waals surface area contributed by atoms with Crippen LogP contribution in [0.25, 0.3) is 0 Å². The monoisotopic (exact) mass is 311 g/mol. The van der Waals surface area contributed by atoms with Crippen LogP contribution in [0.1, 0.15) is 27.8 Å². The highest BCUT2D eigenvalue weighted by molar-refractivity contribution is 5.79. The molecular formula is C18H21N3O2. The van der Waals surface area contributed by atoms with Crippen LogP contribution in [0.2, 0.25) is 0 Å². The molecule has 0 atom stereocenters. The molecule has 0 aromatic heterocycles. The number of nitrogens with zero attached hydrogens (tertiary/aromatic N) is 2. The van der Waals surface area contributed by atoms with Crippen LogP contribution < -0.4 is 15.5 Å². The summed E-state index contributed by atoms with van der Waals surface area (Å²) in [5.74, 6) is 0.536. The molecule has 2 aliphatic heterocycles. The fraction of sp³-hybridized carbons (Fsp3) is 0.333. The van der Waals surface area contributed by atoms with Gasteiger partial charge in [-0.05, 0) is 49.6 Å². The molecule has 0 amide bonds. The average Bonchev–Trinajstić information content (AvgIpc) is 2.49. The van der Waals surface area contributed by atoms with E-state index < -0.39 is 0 Å². The van der Waals surface area contributed by atoms with Crippen molar-refractivity contribution >= 4 is 17.1 Å². The maximum atomic E-state index is 10.4. The number of aryl methyl sites for hydroxylation is 2. The predicted molar refractivity (Wildman–Crippen MR) is 92.1 cm³/mol. The number of nitrogens with two attached hydrogens (primary N) is 1. The summed E-state index contributed by atoms with van der Waals surface area (Å²) in [6.07, 6.45) is 0. The van der Waals surface area contributed by atoms with Gasteiger partial charge in [0.15, 0.2) is 0 Å². The number of hydrogen-bond acceptors (Lipinski definition) is 5. The third-order valence-electron chi connectivity index (χ3n) is 5.05. The van der Waals surface area contributed by atoms with E-state index in [9.17, 15) is 10.2 Å². The van der Waals surface area contributed by atoms with E-state index in [0.29, 0.717) is 18.0 Å². The molecule has 0 aliphatic carbocycles. The minimum absolute atomic E-state index is 0.178. The van der Waals surface area contributed by atoms with E-state index in [1.165, 1.54) is 5.56 Å². The lowest BCUT2D eigenvalue weighted by atomic mass is 9.94. The van der Waals surface area contributed by atoms with E-state index in [0.717, 1.165) is 46.8 Å². The first-order valence-corrected chi connectivity index (χ1v) is 7.81. The third-order valence-corrected chi connectivity index (χ3v) is 5.05. The van der Waals surface area contributed by atoms with Crippen molar-refractivity contribution in [1.29, 1.82) is 0 Å². The average molecular weight is 311 g/mol. The summed E-state index contributed by atoms with van der Waals surface area (Å²) in [4.78, 5) is 4.47. The summed E-state index contributed by atoms with van der Waals surface area (Å²) in [5.41, 5.74) is 13.5. The number of nitrogen functional groups attached to an aromatic ring is 1.